The molecule has 16 heavy (non-hydrogen) atoms. The average Bonchev–Trinajstić information content (AvgIpc) is 3.04. The van der Waals surface area contributed by atoms with E-state index in [9.17, 15) is 4.79 Å². The van der Waals surface area contributed by atoms with Gasteiger partial charge in [-0.2, -0.15) is 0 Å². The number of rotatable bonds is 4. The van der Waals surface area contributed by atoms with Gasteiger partial charge in [-0.15, -0.1) is 0 Å². The Kier molecular flexibility index (Phi) is 3.71. The molecule has 2 N–H and O–H groups in total. The molecule has 0 aromatic heterocycles. The maximum Gasteiger partial charge on any atom is 0.239 e. The first-order chi connectivity index (χ1) is 7.65. The summed E-state index contributed by atoms with van der Waals surface area (Å²) in [6, 6.07) is 5.92. The summed E-state index contributed by atoms with van der Waals surface area (Å²) >= 11 is 9.25. The van der Waals surface area contributed by atoms with Gasteiger partial charge >= 0.3 is 0 Å². The molecule has 1 saturated carbocycles. The molecule has 0 bridgehead atoms. The highest BCUT2D eigenvalue weighted by Gasteiger charge is 2.22. The van der Waals surface area contributed by atoms with E-state index < -0.39 is 0 Å². The van der Waals surface area contributed by atoms with Gasteiger partial charge in [0, 0.05) is 16.2 Å². The summed E-state index contributed by atoms with van der Waals surface area (Å²) in [5.41, 5.74) is 0.846. The Bertz CT molecular complexity index is 407. The van der Waals surface area contributed by atoms with Crippen molar-refractivity contribution in [2.45, 2.75) is 18.9 Å². The van der Waals surface area contributed by atoms with E-state index in [0.29, 0.717) is 11.1 Å². The third-order valence-electron chi connectivity index (χ3n) is 2.32. The number of nitrogens with one attached hydrogen (secondary N) is 2. The highest BCUT2D eigenvalue weighted by molar-refractivity contribution is 9.10. The maximum atomic E-state index is 11.4. The molecule has 1 fully saturated rings. The predicted molar refractivity (Wildman–Crippen MR) is 68.8 cm³/mol. The lowest BCUT2D eigenvalue weighted by Crippen LogP contribution is -2.31. The minimum atomic E-state index is 0.0292. The van der Waals surface area contributed by atoms with Crippen LogP contribution in [0.5, 0.6) is 0 Å². The lowest BCUT2D eigenvalue weighted by molar-refractivity contribution is -0.119. The van der Waals surface area contributed by atoms with Crippen molar-refractivity contribution < 1.29 is 4.79 Å². The molecule has 1 aromatic carbocycles. The van der Waals surface area contributed by atoms with Crippen molar-refractivity contribution in [3.05, 3.63) is 27.7 Å². The Hall–Kier alpha value is -0.740. The van der Waals surface area contributed by atoms with E-state index in [1.54, 1.807) is 6.07 Å². The molecular formula is C11H12BrClN2O. The van der Waals surface area contributed by atoms with Gasteiger partial charge in [0.05, 0.1) is 11.6 Å². The van der Waals surface area contributed by atoms with Crippen LogP contribution in [0.15, 0.2) is 22.7 Å². The minimum Gasteiger partial charge on any atom is -0.376 e. The molecule has 1 aliphatic carbocycles. The van der Waals surface area contributed by atoms with Crippen LogP contribution in [0.4, 0.5) is 5.69 Å². The number of hydrogen-bond donors (Lipinski definition) is 2. The smallest absolute Gasteiger partial charge is 0.239 e. The number of anilines is 1. The number of halogens is 2. The van der Waals surface area contributed by atoms with Gasteiger partial charge in [0.15, 0.2) is 0 Å². The summed E-state index contributed by atoms with van der Waals surface area (Å²) in [4.78, 5) is 11.4. The molecule has 1 amide bonds. The molecule has 0 unspecified atom stereocenters. The number of carbonyl (C=O) groups excluding carboxylic acids is 1. The molecule has 1 aliphatic rings. The zero-order chi connectivity index (χ0) is 11.5. The van der Waals surface area contributed by atoms with Crippen LogP contribution >= 0.6 is 27.5 Å². The molecule has 0 aliphatic heterocycles. The second kappa shape index (κ2) is 5.06. The molecule has 0 saturated heterocycles. The van der Waals surface area contributed by atoms with Gasteiger partial charge in [0.2, 0.25) is 5.91 Å². The van der Waals surface area contributed by atoms with Gasteiger partial charge < -0.3 is 10.6 Å². The topological polar surface area (TPSA) is 41.1 Å². The Morgan fingerprint density at radius 2 is 2.25 bits per heavy atom. The summed E-state index contributed by atoms with van der Waals surface area (Å²) in [6.45, 7) is 0.286. The number of hydrogen-bond acceptors (Lipinski definition) is 2. The van der Waals surface area contributed by atoms with Gasteiger partial charge in [-0.25, -0.2) is 0 Å². The second-order valence-electron chi connectivity index (χ2n) is 3.82. The lowest BCUT2D eigenvalue weighted by Gasteiger charge is -2.07. The van der Waals surface area contributed by atoms with E-state index >= 15 is 0 Å². The van der Waals surface area contributed by atoms with E-state index in [1.807, 2.05) is 12.1 Å². The zero-order valence-corrected chi connectivity index (χ0v) is 10.9. The van der Waals surface area contributed by atoms with Gasteiger partial charge in [-0.3, -0.25) is 4.79 Å². The van der Waals surface area contributed by atoms with Crippen molar-refractivity contribution in [1.29, 1.82) is 0 Å². The van der Waals surface area contributed by atoms with Gasteiger partial charge in [-0.1, -0.05) is 11.6 Å². The highest BCUT2D eigenvalue weighted by Crippen LogP contribution is 2.25. The van der Waals surface area contributed by atoms with Crippen LogP contribution in [0.3, 0.4) is 0 Å². The molecule has 0 heterocycles. The normalized spacial score (nSPS) is 14.6. The molecule has 0 spiro atoms. The van der Waals surface area contributed by atoms with Crippen LogP contribution in [-0.4, -0.2) is 18.5 Å². The maximum absolute atomic E-state index is 11.4. The van der Waals surface area contributed by atoms with E-state index in [4.69, 9.17) is 11.6 Å². The fourth-order valence-electron chi connectivity index (χ4n) is 1.29. The molecule has 0 radical (unpaired) electrons. The summed E-state index contributed by atoms with van der Waals surface area (Å²) in [5.74, 6) is 0.0292. The Balaban J connectivity index is 1.83. The zero-order valence-electron chi connectivity index (χ0n) is 8.59. The molecule has 3 nitrogen and oxygen atoms in total. The van der Waals surface area contributed by atoms with Crippen LogP contribution in [0.1, 0.15) is 12.8 Å². The minimum absolute atomic E-state index is 0.0292. The van der Waals surface area contributed by atoms with Crippen molar-refractivity contribution in [3.63, 3.8) is 0 Å². The van der Waals surface area contributed by atoms with Crippen LogP contribution in [0.25, 0.3) is 0 Å². The van der Waals surface area contributed by atoms with Crippen LogP contribution < -0.4 is 10.6 Å². The Morgan fingerprint density at radius 1 is 1.50 bits per heavy atom. The number of benzene rings is 1. The van der Waals surface area contributed by atoms with Crippen molar-refractivity contribution >= 4 is 39.1 Å². The molecule has 0 atom stereocenters. The van der Waals surface area contributed by atoms with E-state index in [2.05, 4.69) is 26.6 Å². The van der Waals surface area contributed by atoms with Crippen molar-refractivity contribution in [3.8, 4) is 0 Å². The largest absolute Gasteiger partial charge is 0.376 e. The monoisotopic (exact) mass is 302 g/mol. The van der Waals surface area contributed by atoms with Crippen molar-refractivity contribution in [2.75, 3.05) is 11.9 Å². The van der Waals surface area contributed by atoms with E-state index in [1.165, 1.54) is 0 Å². The molecule has 1 aromatic rings. The van der Waals surface area contributed by atoms with Crippen LogP contribution in [-0.2, 0) is 4.79 Å². The van der Waals surface area contributed by atoms with Gasteiger partial charge in [-0.05, 0) is 47.0 Å². The van der Waals surface area contributed by atoms with E-state index in [0.717, 1.165) is 23.0 Å². The third-order valence-corrected chi connectivity index (χ3v) is 3.55. The van der Waals surface area contributed by atoms with Crippen molar-refractivity contribution in [1.82, 2.24) is 5.32 Å². The Morgan fingerprint density at radius 3 is 2.88 bits per heavy atom. The van der Waals surface area contributed by atoms with E-state index in [-0.39, 0.29) is 12.5 Å². The fraction of sp³-hybridized carbons (Fsp3) is 0.364. The van der Waals surface area contributed by atoms with Crippen LogP contribution in [0, 0.1) is 0 Å². The standard InChI is InChI=1S/C11H12BrClN2O/c12-9-4-3-8(5-10(9)13)14-6-11(16)15-7-1-2-7/h3-5,7,14H,1-2,6H2,(H,15,16). The summed E-state index contributed by atoms with van der Waals surface area (Å²) in [6.07, 6.45) is 2.21. The average molecular weight is 304 g/mol. The molecule has 2 rings (SSSR count). The van der Waals surface area contributed by atoms with Crippen LogP contribution in [0.2, 0.25) is 5.02 Å². The number of amides is 1. The first-order valence-electron chi connectivity index (χ1n) is 5.13. The quantitative estimate of drug-likeness (QED) is 0.898. The van der Waals surface area contributed by atoms with Gasteiger partial charge in [0.25, 0.3) is 0 Å². The fourth-order valence-corrected chi connectivity index (χ4v) is 1.72. The number of carbonyl (C=O) groups is 1. The summed E-state index contributed by atoms with van der Waals surface area (Å²) in [7, 11) is 0. The first-order valence-corrected chi connectivity index (χ1v) is 6.30. The summed E-state index contributed by atoms with van der Waals surface area (Å²) in [5, 5.41) is 6.57. The lowest BCUT2D eigenvalue weighted by atomic mass is 10.3. The second-order valence-corrected chi connectivity index (χ2v) is 5.09. The highest BCUT2D eigenvalue weighted by atomic mass is 79.9. The van der Waals surface area contributed by atoms with Crippen molar-refractivity contribution in [2.24, 2.45) is 0 Å². The third kappa shape index (κ3) is 3.39. The first kappa shape index (κ1) is 11.7. The van der Waals surface area contributed by atoms with Gasteiger partial charge in [0.1, 0.15) is 0 Å². The SMILES string of the molecule is O=C(CNc1ccc(Br)c(Cl)c1)NC1CC1. The Labute approximate surface area is 108 Å². The molecular weight excluding hydrogens is 291 g/mol. The molecule has 86 valence electrons. The summed E-state index contributed by atoms with van der Waals surface area (Å²) < 4.78 is 0.849. The molecule has 5 heteroatoms. The predicted octanol–water partition coefficient (Wildman–Crippen LogP) is 2.79.